The molecule has 0 bridgehead atoms. The molecule has 1 amide bonds. The Labute approximate surface area is 123 Å². The van der Waals surface area contributed by atoms with Gasteiger partial charge in [-0.1, -0.05) is 12.1 Å². The molecule has 0 aliphatic carbocycles. The lowest BCUT2D eigenvalue weighted by Crippen LogP contribution is -2.16. The second kappa shape index (κ2) is 6.74. The molecule has 1 aromatic heterocycles. The highest BCUT2D eigenvalue weighted by Crippen LogP contribution is 2.31. The van der Waals surface area contributed by atoms with E-state index in [-0.39, 0.29) is 12.3 Å². The highest BCUT2D eigenvalue weighted by atomic mass is 16.5. The summed E-state index contributed by atoms with van der Waals surface area (Å²) in [4.78, 5) is 16.1. The third-order valence-electron chi connectivity index (χ3n) is 3.15. The maximum absolute atomic E-state index is 12.1. The number of nitrogens with zero attached hydrogens (tertiary/aromatic N) is 1. The van der Waals surface area contributed by atoms with Crippen molar-refractivity contribution >= 4 is 11.7 Å². The zero-order valence-electron chi connectivity index (χ0n) is 12.3. The molecular weight excluding hydrogens is 268 g/mol. The van der Waals surface area contributed by atoms with Crippen molar-refractivity contribution in [3.05, 3.63) is 47.7 Å². The maximum atomic E-state index is 12.1. The van der Waals surface area contributed by atoms with Crippen LogP contribution in [0.3, 0.4) is 0 Å². The first-order valence-electron chi connectivity index (χ1n) is 6.57. The van der Waals surface area contributed by atoms with E-state index in [1.54, 1.807) is 32.5 Å². The van der Waals surface area contributed by atoms with Crippen LogP contribution in [0, 0.1) is 6.92 Å². The smallest absolute Gasteiger partial charge is 0.230 e. The van der Waals surface area contributed by atoms with Crippen LogP contribution in [-0.2, 0) is 11.2 Å². The molecule has 2 rings (SSSR count). The van der Waals surface area contributed by atoms with Gasteiger partial charge in [0, 0.05) is 17.3 Å². The predicted molar refractivity (Wildman–Crippen MR) is 80.9 cm³/mol. The molecule has 0 aliphatic heterocycles. The fourth-order valence-electron chi connectivity index (χ4n) is 2.17. The summed E-state index contributed by atoms with van der Waals surface area (Å²) in [7, 11) is 3.19. The molecule has 1 aromatic carbocycles. The second-order valence-corrected chi connectivity index (χ2v) is 4.53. The van der Waals surface area contributed by atoms with Crippen molar-refractivity contribution in [3.63, 3.8) is 0 Å². The quantitative estimate of drug-likeness (QED) is 0.917. The first kappa shape index (κ1) is 14.8. The number of pyridine rings is 1. The van der Waals surface area contributed by atoms with Gasteiger partial charge in [0.15, 0.2) is 0 Å². The molecule has 0 fully saturated rings. The lowest BCUT2D eigenvalue weighted by Gasteiger charge is -2.14. The Morgan fingerprint density at radius 3 is 2.62 bits per heavy atom. The Morgan fingerprint density at radius 1 is 1.19 bits per heavy atom. The number of ether oxygens (including phenoxy) is 2. The van der Waals surface area contributed by atoms with Gasteiger partial charge < -0.3 is 14.8 Å². The Morgan fingerprint density at radius 2 is 2.00 bits per heavy atom. The van der Waals surface area contributed by atoms with E-state index in [2.05, 4.69) is 10.3 Å². The van der Waals surface area contributed by atoms with Crippen molar-refractivity contribution in [2.75, 3.05) is 19.5 Å². The molecule has 0 saturated heterocycles. The van der Waals surface area contributed by atoms with Gasteiger partial charge >= 0.3 is 0 Å². The summed E-state index contributed by atoms with van der Waals surface area (Å²) in [6, 6.07) is 9.03. The Balaban J connectivity index is 2.16. The van der Waals surface area contributed by atoms with Crippen LogP contribution in [0.25, 0.3) is 0 Å². The largest absolute Gasteiger partial charge is 0.496 e. The SMILES string of the molecule is COc1ccc(CC(=O)Nc2ccccn2)c(OC)c1C. The number of aromatic nitrogens is 1. The minimum Gasteiger partial charge on any atom is -0.496 e. The van der Waals surface area contributed by atoms with Crippen LogP contribution in [-0.4, -0.2) is 25.1 Å². The molecule has 21 heavy (non-hydrogen) atoms. The van der Waals surface area contributed by atoms with Crippen LogP contribution in [0.15, 0.2) is 36.5 Å². The molecular formula is C16H18N2O3. The lowest BCUT2D eigenvalue weighted by molar-refractivity contribution is -0.115. The fraction of sp³-hybridized carbons (Fsp3) is 0.250. The standard InChI is InChI=1S/C16H18N2O3/c1-11-13(20-2)8-7-12(16(11)21-3)10-15(19)18-14-6-4-5-9-17-14/h4-9H,10H2,1-3H3,(H,17,18,19). The average molecular weight is 286 g/mol. The second-order valence-electron chi connectivity index (χ2n) is 4.53. The third-order valence-corrected chi connectivity index (χ3v) is 3.15. The topological polar surface area (TPSA) is 60.5 Å². The van der Waals surface area contributed by atoms with Gasteiger partial charge in [0.1, 0.15) is 17.3 Å². The molecule has 1 heterocycles. The number of amides is 1. The maximum Gasteiger partial charge on any atom is 0.230 e. The molecule has 0 saturated carbocycles. The lowest BCUT2D eigenvalue weighted by atomic mass is 10.1. The van der Waals surface area contributed by atoms with E-state index >= 15 is 0 Å². The predicted octanol–water partition coefficient (Wildman–Crippen LogP) is 2.59. The number of anilines is 1. The summed E-state index contributed by atoms with van der Waals surface area (Å²) in [6.07, 6.45) is 1.85. The highest BCUT2D eigenvalue weighted by Gasteiger charge is 2.14. The van der Waals surface area contributed by atoms with Gasteiger partial charge in [0.05, 0.1) is 20.6 Å². The number of carbonyl (C=O) groups is 1. The number of rotatable bonds is 5. The summed E-state index contributed by atoms with van der Waals surface area (Å²) in [5.74, 6) is 1.80. The average Bonchev–Trinajstić information content (AvgIpc) is 2.48. The van der Waals surface area contributed by atoms with E-state index in [0.717, 1.165) is 16.9 Å². The number of nitrogens with one attached hydrogen (secondary N) is 1. The van der Waals surface area contributed by atoms with Crippen LogP contribution in [0.1, 0.15) is 11.1 Å². The van der Waals surface area contributed by atoms with E-state index in [9.17, 15) is 4.79 Å². The van der Waals surface area contributed by atoms with Gasteiger partial charge in [-0.3, -0.25) is 4.79 Å². The number of hydrogen-bond acceptors (Lipinski definition) is 4. The van der Waals surface area contributed by atoms with E-state index in [4.69, 9.17) is 9.47 Å². The van der Waals surface area contributed by atoms with Crippen LogP contribution in [0.5, 0.6) is 11.5 Å². The summed E-state index contributed by atoms with van der Waals surface area (Å²) in [5.41, 5.74) is 1.69. The first-order valence-corrected chi connectivity index (χ1v) is 6.57. The number of methoxy groups -OCH3 is 2. The zero-order valence-corrected chi connectivity index (χ0v) is 12.3. The Kier molecular flexibility index (Phi) is 4.77. The number of benzene rings is 1. The highest BCUT2D eigenvalue weighted by molar-refractivity contribution is 5.91. The van der Waals surface area contributed by atoms with E-state index in [1.165, 1.54) is 0 Å². The molecule has 5 heteroatoms. The molecule has 0 atom stereocenters. The molecule has 0 spiro atoms. The molecule has 1 N–H and O–H groups in total. The fourth-order valence-corrected chi connectivity index (χ4v) is 2.17. The third kappa shape index (κ3) is 3.51. The summed E-state index contributed by atoms with van der Waals surface area (Å²) >= 11 is 0. The van der Waals surface area contributed by atoms with Crippen LogP contribution >= 0.6 is 0 Å². The van der Waals surface area contributed by atoms with Crippen molar-refractivity contribution in [2.45, 2.75) is 13.3 Å². The first-order chi connectivity index (χ1) is 10.2. The van der Waals surface area contributed by atoms with Gasteiger partial charge in [-0.15, -0.1) is 0 Å². The zero-order chi connectivity index (χ0) is 15.2. The molecule has 2 aromatic rings. The Bertz CT molecular complexity index is 627. The van der Waals surface area contributed by atoms with Crippen molar-refractivity contribution in [1.82, 2.24) is 4.98 Å². The molecule has 0 unspecified atom stereocenters. The van der Waals surface area contributed by atoms with Crippen LogP contribution in [0.4, 0.5) is 5.82 Å². The van der Waals surface area contributed by atoms with Crippen molar-refractivity contribution in [1.29, 1.82) is 0 Å². The minimum absolute atomic E-state index is 0.142. The van der Waals surface area contributed by atoms with E-state index in [0.29, 0.717) is 11.6 Å². The van der Waals surface area contributed by atoms with Crippen molar-refractivity contribution < 1.29 is 14.3 Å². The summed E-state index contributed by atoms with van der Waals surface area (Å²) in [6.45, 7) is 1.90. The van der Waals surface area contributed by atoms with Gasteiger partial charge in [-0.2, -0.15) is 0 Å². The summed E-state index contributed by atoms with van der Waals surface area (Å²) in [5, 5.41) is 2.75. The molecule has 0 radical (unpaired) electrons. The normalized spacial score (nSPS) is 10.0. The molecule has 110 valence electrons. The van der Waals surface area contributed by atoms with Gasteiger partial charge in [0.25, 0.3) is 0 Å². The molecule has 0 aliphatic rings. The van der Waals surface area contributed by atoms with E-state index in [1.807, 2.05) is 25.1 Å². The van der Waals surface area contributed by atoms with Crippen molar-refractivity contribution in [2.24, 2.45) is 0 Å². The number of carbonyl (C=O) groups excluding carboxylic acids is 1. The van der Waals surface area contributed by atoms with Gasteiger partial charge in [-0.05, 0) is 25.1 Å². The summed E-state index contributed by atoms with van der Waals surface area (Å²) < 4.78 is 10.6. The van der Waals surface area contributed by atoms with Gasteiger partial charge in [-0.25, -0.2) is 4.98 Å². The number of hydrogen-bond donors (Lipinski definition) is 1. The minimum atomic E-state index is -0.142. The monoisotopic (exact) mass is 286 g/mol. The van der Waals surface area contributed by atoms with Crippen molar-refractivity contribution in [3.8, 4) is 11.5 Å². The molecule has 5 nitrogen and oxygen atoms in total. The Hall–Kier alpha value is -2.56. The van der Waals surface area contributed by atoms with Crippen LogP contribution in [0.2, 0.25) is 0 Å². The van der Waals surface area contributed by atoms with Gasteiger partial charge in [0.2, 0.25) is 5.91 Å². The van der Waals surface area contributed by atoms with E-state index < -0.39 is 0 Å². The van der Waals surface area contributed by atoms with Crippen LogP contribution < -0.4 is 14.8 Å².